The molecule has 1 heteroatoms. The Balaban J connectivity index is 2.47. The average Bonchev–Trinajstić information content (AvgIpc) is 2.46. The third-order valence-corrected chi connectivity index (χ3v) is 3.90. The van der Waals surface area contributed by atoms with Gasteiger partial charge in [-0.05, 0) is 31.1 Å². The third-order valence-electron chi connectivity index (χ3n) is 3.90. The van der Waals surface area contributed by atoms with E-state index in [2.05, 4.69) is 20.8 Å². The van der Waals surface area contributed by atoms with Crippen molar-refractivity contribution in [2.45, 2.75) is 71.3 Å². The van der Waals surface area contributed by atoms with Crippen LogP contribution in [0.15, 0.2) is 0 Å². The maximum atomic E-state index is 10.5. The van der Waals surface area contributed by atoms with Gasteiger partial charge in [0.2, 0.25) is 0 Å². The van der Waals surface area contributed by atoms with E-state index in [0.717, 1.165) is 19.3 Å². The Morgan fingerprint density at radius 2 is 2.14 bits per heavy atom. The van der Waals surface area contributed by atoms with Crippen molar-refractivity contribution in [2.75, 3.05) is 0 Å². The van der Waals surface area contributed by atoms with Crippen LogP contribution in [0.1, 0.15) is 65.7 Å². The van der Waals surface area contributed by atoms with Gasteiger partial charge in [-0.15, -0.1) is 0 Å². The van der Waals surface area contributed by atoms with Crippen molar-refractivity contribution in [1.82, 2.24) is 0 Å². The first-order valence-corrected chi connectivity index (χ1v) is 6.34. The summed E-state index contributed by atoms with van der Waals surface area (Å²) in [6.45, 7) is 6.73. The molecule has 14 heavy (non-hydrogen) atoms. The van der Waals surface area contributed by atoms with Crippen LogP contribution >= 0.6 is 0 Å². The molecule has 0 aromatic rings. The molecule has 1 saturated carbocycles. The van der Waals surface area contributed by atoms with Gasteiger partial charge in [0.1, 0.15) is 0 Å². The van der Waals surface area contributed by atoms with E-state index in [1.54, 1.807) is 0 Å². The molecule has 0 spiro atoms. The molecule has 1 fully saturated rings. The van der Waals surface area contributed by atoms with Gasteiger partial charge in [-0.2, -0.15) is 0 Å². The minimum Gasteiger partial charge on any atom is -0.390 e. The maximum Gasteiger partial charge on any atom is 0.0678 e. The monoisotopic (exact) mass is 198 g/mol. The molecule has 0 aromatic carbocycles. The zero-order valence-electron chi connectivity index (χ0n) is 10.1. The molecule has 0 amide bonds. The largest absolute Gasteiger partial charge is 0.390 e. The zero-order chi connectivity index (χ0) is 10.6. The van der Waals surface area contributed by atoms with E-state index < -0.39 is 0 Å². The van der Waals surface area contributed by atoms with E-state index >= 15 is 0 Å². The molecule has 1 aliphatic carbocycles. The Labute approximate surface area is 88.9 Å². The van der Waals surface area contributed by atoms with Crippen molar-refractivity contribution < 1.29 is 5.11 Å². The van der Waals surface area contributed by atoms with Crippen LogP contribution < -0.4 is 0 Å². The molecule has 0 heterocycles. The lowest BCUT2D eigenvalue weighted by Crippen LogP contribution is -2.34. The summed E-state index contributed by atoms with van der Waals surface area (Å²) in [7, 11) is 0. The third kappa shape index (κ3) is 2.73. The van der Waals surface area contributed by atoms with Gasteiger partial charge in [-0.1, -0.05) is 46.5 Å². The van der Waals surface area contributed by atoms with Gasteiger partial charge in [0, 0.05) is 0 Å². The molecule has 0 aromatic heterocycles. The Morgan fingerprint density at radius 3 is 2.71 bits per heavy atom. The van der Waals surface area contributed by atoms with Gasteiger partial charge >= 0.3 is 0 Å². The summed E-state index contributed by atoms with van der Waals surface area (Å²) in [5.74, 6) is 1.26. The zero-order valence-corrected chi connectivity index (χ0v) is 10.1. The predicted octanol–water partition coefficient (Wildman–Crippen LogP) is 3.75. The van der Waals surface area contributed by atoms with Crippen LogP contribution in [0.5, 0.6) is 0 Å². The number of rotatable bonds is 5. The molecule has 0 bridgehead atoms. The SMILES string of the molecule is CCCC(C)CC1(O)CCCC1CC. The maximum absolute atomic E-state index is 10.5. The van der Waals surface area contributed by atoms with Crippen LogP contribution in [0, 0.1) is 11.8 Å². The fraction of sp³-hybridized carbons (Fsp3) is 1.00. The number of hydrogen-bond donors (Lipinski definition) is 1. The summed E-state index contributed by atoms with van der Waals surface area (Å²) in [4.78, 5) is 0. The smallest absolute Gasteiger partial charge is 0.0678 e. The fourth-order valence-corrected chi connectivity index (χ4v) is 3.18. The summed E-state index contributed by atoms with van der Waals surface area (Å²) in [6, 6.07) is 0. The lowest BCUT2D eigenvalue weighted by molar-refractivity contribution is -0.0199. The van der Waals surface area contributed by atoms with Gasteiger partial charge in [-0.25, -0.2) is 0 Å². The number of aliphatic hydroxyl groups is 1. The fourth-order valence-electron chi connectivity index (χ4n) is 3.18. The van der Waals surface area contributed by atoms with Crippen LogP contribution in [-0.2, 0) is 0 Å². The Bertz CT molecular complexity index is 167. The van der Waals surface area contributed by atoms with E-state index in [9.17, 15) is 5.11 Å². The van der Waals surface area contributed by atoms with Crippen molar-refractivity contribution in [1.29, 1.82) is 0 Å². The molecule has 3 unspecified atom stereocenters. The van der Waals surface area contributed by atoms with Crippen molar-refractivity contribution >= 4 is 0 Å². The summed E-state index contributed by atoms with van der Waals surface area (Å²) < 4.78 is 0. The molecular weight excluding hydrogens is 172 g/mol. The topological polar surface area (TPSA) is 20.2 Å². The second-order valence-electron chi connectivity index (χ2n) is 5.20. The first-order chi connectivity index (χ1) is 6.62. The Morgan fingerprint density at radius 1 is 1.43 bits per heavy atom. The Kier molecular flexibility index (Phi) is 4.43. The minimum absolute atomic E-state index is 0.316. The van der Waals surface area contributed by atoms with E-state index in [4.69, 9.17) is 0 Å². The van der Waals surface area contributed by atoms with Gasteiger partial charge < -0.3 is 5.11 Å². The highest BCUT2D eigenvalue weighted by molar-refractivity contribution is 4.92. The highest BCUT2D eigenvalue weighted by Crippen LogP contribution is 2.42. The van der Waals surface area contributed by atoms with Crippen LogP contribution in [0.25, 0.3) is 0 Å². The summed E-state index contributed by atoms with van der Waals surface area (Å²) in [5.41, 5.74) is -0.316. The van der Waals surface area contributed by atoms with Crippen molar-refractivity contribution in [3.8, 4) is 0 Å². The molecule has 84 valence electrons. The lowest BCUT2D eigenvalue weighted by atomic mass is 9.80. The molecular formula is C13H26O. The quantitative estimate of drug-likeness (QED) is 0.713. The number of hydrogen-bond acceptors (Lipinski definition) is 1. The van der Waals surface area contributed by atoms with Gasteiger partial charge in [0.05, 0.1) is 5.60 Å². The predicted molar refractivity (Wildman–Crippen MR) is 61.3 cm³/mol. The van der Waals surface area contributed by atoms with E-state index in [1.807, 2.05) is 0 Å². The molecule has 0 aliphatic heterocycles. The highest BCUT2D eigenvalue weighted by Gasteiger charge is 2.40. The molecule has 1 rings (SSSR count). The van der Waals surface area contributed by atoms with E-state index in [1.165, 1.54) is 25.7 Å². The molecule has 3 atom stereocenters. The molecule has 1 N–H and O–H groups in total. The first kappa shape index (κ1) is 12.0. The average molecular weight is 198 g/mol. The van der Waals surface area contributed by atoms with Gasteiger partial charge in [0.25, 0.3) is 0 Å². The summed E-state index contributed by atoms with van der Waals surface area (Å²) in [5, 5.41) is 10.5. The van der Waals surface area contributed by atoms with Gasteiger partial charge in [0.15, 0.2) is 0 Å². The molecule has 1 aliphatic rings. The summed E-state index contributed by atoms with van der Waals surface area (Å²) in [6.07, 6.45) is 8.20. The lowest BCUT2D eigenvalue weighted by Gasteiger charge is -2.32. The summed E-state index contributed by atoms with van der Waals surface area (Å²) >= 11 is 0. The highest BCUT2D eigenvalue weighted by atomic mass is 16.3. The van der Waals surface area contributed by atoms with Gasteiger partial charge in [-0.3, -0.25) is 0 Å². The van der Waals surface area contributed by atoms with Crippen LogP contribution in [0.2, 0.25) is 0 Å². The van der Waals surface area contributed by atoms with Crippen molar-refractivity contribution in [3.63, 3.8) is 0 Å². The van der Waals surface area contributed by atoms with Crippen LogP contribution in [-0.4, -0.2) is 10.7 Å². The van der Waals surface area contributed by atoms with Crippen molar-refractivity contribution in [3.05, 3.63) is 0 Å². The molecule has 0 saturated heterocycles. The standard InChI is InChI=1S/C13H26O/c1-4-7-11(3)10-13(14)9-6-8-12(13)5-2/h11-12,14H,4-10H2,1-3H3. The minimum atomic E-state index is -0.316. The second-order valence-corrected chi connectivity index (χ2v) is 5.20. The van der Waals surface area contributed by atoms with E-state index in [0.29, 0.717) is 11.8 Å². The van der Waals surface area contributed by atoms with Crippen LogP contribution in [0.4, 0.5) is 0 Å². The Hall–Kier alpha value is -0.0400. The normalized spacial score (nSPS) is 34.7. The molecule has 0 radical (unpaired) electrons. The molecule has 1 nitrogen and oxygen atoms in total. The van der Waals surface area contributed by atoms with E-state index in [-0.39, 0.29) is 5.60 Å². The van der Waals surface area contributed by atoms with Crippen LogP contribution in [0.3, 0.4) is 0 Å². The van der Waals surface area contributed by atoms with Crippen molar-refractivity contribution in [2.24, 2.45) is 11.8 Å². The first-order valence-electron chi connectivity index (χ1n) is 6.34. The second kappa shape index (κ2) is 5.16.